The lowest BCUT2D eigenvalue weighted by atomic mass is 9.80. The number of methoxy groups -OCH3 is 1. The minimum atomic E-state index is -1.09. The number of benzene rings is 1. The average molecular weight is 346 g/mol. The molecule has 0 bridgehead atoms. The summed E-state index contributed by atoms with van der Waals surface area (Å²) in [6, 6.07) is 8.70. The third kappa shape index (κ3) is 4.09. The Hall–Kier alpha value is -2.59. The number of carbonyl (C=O) groups excluding carboxylic acids is 1. The zero-order valence-corrected chi connectivity index (χ0v) is 14.4. The molecule has 1 aromatic carbocycles. The van der Waals surface area contributed by atoms with Gasteiger partial charge in [-0.1, -0.05) is 12.1 Å². The van der Waals surface area contributed by atoms with E-state index in [4.69, 9.17) is 14.7 Å². The molecule has 0 aliphatic carbocycles. The lowest BCUT2D eigenvalue weighted by molar-refractivity contribution is -0.160. The van der Waals surface area contributed by atoms with Crippen LogP contribution in [0.15, 0.2) is 24.3 Å². The second-order valence-electron chi connectivity index (χ2n) is 6.25. The van der Waals surface area contributed by atoms with Crippen molar-refractivity contribution in [2.75, 3.05) is 26.8 Å². The van der Waals surface area contributed by atoms with Gasteiger partial charge in [0.05, 0.1) is 12.2 Å². The first-order valence-electron chi connectivity index (χ1n) is 8.10. The van der Waals surface area contributed by atoms with Crippen molar-refractivity contribution < 1.29 is 24.2 Å². The van der Waals surface area contributed by atoms with Crippen molar-refractivity contribution in [3.05, 3.63) is 29.8 Å². The zero-order chi connectivity index (χ0) is 18.4. The summed E-state index contributed by atoms with van der Waals surface area (Å²) in [5.41, 5.74) is -0.743. The number of carbonyl (C=O) groups is 2. The van der Waals surface area contributed by atoms with E-state index in [9.17, 15) is 14.7 Å². The van der Waals surface area contributed by atoms with E-state index in [2.05, 4.69) is 0 Å². The van der Waals surface area contributed by atoms with Gasteiger partial charge in [-0.15, -0.1) is 0 Å². The molecule has 1 aliphatic rings. The Labute approximate surface area is 146 Å². The molecule has 0 radical (unpaired) electrons. The SMILES string of the molecule is COCC1(C(=O)O)CCCN(C(=O)C(C)Oc2ccccc2C#N)C1. The summed E-state index contributed by atoms with van der Waals surface area (Å²) >= 11 is 0. The fourth-order valence-corrected chi connectivity index (χ4v) is 3.11. The third-order valence-corrected chi connectivity index (χ3v) is 4.42. The van der Waals surface area contributed by atoms with Crippen LogP contribution in [0.3, 0.4) is 0 Å². The molecule has 2 rings (SSSR count). The van der Waals surface area contributed by atoms with Crippen molar-refractivity contribution in [3.8, 4) is 11.8 Å². The minimum Gasteiger partial charge on any atom is -0.481 e. The average Bonchev–Trinajstić information content (AvgIpc) is 2.61. The fraction of sp³-hybridized carbons (Fsp3) is 0.500. The van der Waals surface area contributed by atoms with Crippen LogP contribution in [0, 0.1) is 16.7 Å². The number of nitrogens with zero attached hydrogens (tertiary/aromatic N) is 2. The highest BCUT2D eigenvalue weighted by Crippen LogP contribution is 2.31. The van der Waals surface area contributed by atoms with Crippen LogP contribution in [0.4, 0.5) is 0 Å². The molecule has 1 heterocycles. The number of aliphatic carboxylic acids is 1. The molecule has 1 fully saturated rings. The van der Waals surface area contributed by atoms with Crippen LogP contribution >= 0.6 is 0 Å². The normalized spacial score (nSPS) is 21.2. The van der Waals surface area contributed by atoms with Gasteiger partial charge in [0.15, 0.2) is 6.10 Å². The maximum atomic E-state index is 12.7. The van der Waals surface area contributed by atoms with Gasteiger partial charge in [-0.2, -0.15) is 5.26 Å². The summed E-state index contributed by atoms with van der Waals surface area (Å²) in [7, 11) is 1.45. The molecule has 7 nitrogen and oxygen atoms in total. The monoisotopic (exact) mass is 346 g/mol. The number of hydrogen-bond acceptors (Lipinski definition) is 5. The number of hydrogen-bond donors (Lipinski definition) is 1. The van der Waals surface area contributed by atoms with Crippen LogP contribution in [-0.2, 0) is 14.3 Å². The summed E-state index contributed by atoms with van der Waals surface area (Å²) < 4.78 is 10.7. The Kier molecular flexibility index (Phi) is 5.99. The second-order valence-corrected chi connectivity index (χ2v) is 6.25. The van der Waals surface area contributed by atoms with E-state index in [1.807, 2.05) is 6.07 Å². The van der Waals surface area contributed by atoms with E-state index in [1.165, 1.54) is 12.0 Å². The van der Waals surface area contributed by atoms with Gasteiger partial charge in [0.2, 0.25) is 0 Å². The number of ether oxygens (including phenoxy) is 2. The van der Waals surface area contributed by atoms with Crippen molar-refractivity contribution in [2.45, 2.75) is 25.9 Å². The van der Waals surface area contributed by atoms with Gasteiger partial charge in [-0.25, -0.2) is 0 Å². The zero-order valence-electron chi connectivity index (χ0n) is 14.4. The van der Waals surface area contributed by atoms with Crippen LogP contribution in [0.25, 0.3) is 0 Å². The molecule has 25 heavy (non-hydrogen) atoms. The Morgan fingerprint density at radius 2 is 2.16 bits per heavy atom. The van der Waals surface area contributed by atoms with Gasteiger partial charge in [0.25, 0.3) is 5.91 Å². The van der Waals surface area contributed by atoms with Crippen LogP contribution in [0.2, 0.25) is 0 Å². The van der Waals surface area contributed by atoms with Gasteiger partial charge in [0.1, 0.15) is 17.2 Å². The topological polar surface area (TPSA) is 99.9 Å². The van der Waals surface area contributed by atoms with Crippen LogP contribution in [0.1, 0.15) is 25.3 Å². The molecule has 1 N–H and O–H groups in total. The highest BCUT2D eigenvalue weighted by molar-refractivity contribution is 5.83. The Bertz CT molecular complexity index is 680. The number of para-hydroxylation sites is 1. The van der Waals surface area contributed by atoms with Crippen molar-refractivity contribution >= 4 is 11.9 Å². The van der Waals surface area contributed by atoms with Crippen LogP contribution in [0.5, 0.6) is 5.75 Å². The molecule has 7 heteroatoms. The number of likely N-dealkylation sites (tertiary alicyclic amines) is 1. The van der Waals surface area contributed by atoms with Crippen molar-refractivity contribution in [2.24, 2.45) is 5.41 Å². The van der Waals surface area contributed by atoms with Crippen LogP contribution < -0.4 is 4.74 Å². The van der Waals surface area contributed by atoms with E-state index < -0.39 is 17.5 Å². The summed E-state index contributed by atoms with van der Waals surface area (Å²) in [5.74, 6) is -0.923. The Balaban J connectivity index is 2.11. The van der Waals surface area contributed by atoms with Gasteiger partial charge in [-0.3, -0.25) is 9.59 Å². The molecular formula is C18H22N2O5. The number of rotatable bonds is 6. The van der Waals surface area contributed by atoms with Crippen molar-refractivity contribution in [1.29, 1.82) is 5.26 Å². The summed E-state index contributed by atoms with van der Waals surface area (Å²) in [6.45, 7) is 2.22. The maximum absolute atomic E-state index is 12.7. The van der Waals surface area contributed by atoms with E-state index in [0.717, 1.165) is 0 Å². The third-order valence-electron chi connectivity index (χ3n) is 4.42. The molecular weight excluding hydrogens is 324 g/mol. The predicted molar refractivity (Wildman–Crippen MR) is 89.0 cm³/mol. The van der Waals surface area contributed by atoms with E-state index in [-0.39, 0.29) is 19.1 Å². The fourth-order valence-electron chi connectivity index (χ4n) is 3.11. The maximum Gasteiger partial charge on any atom is 0.313 e. The quantitative estimate of drug-likeness (QED) is 0.841. The highest BCUT2D eigenvalue weighted by atomic mass is 16.5. The van der Waals surface area contributed by atoms with Gasteiger partial charge in [-0.05, 0) is 31.9 Å². The molecule has 1 saturated heterocycles. The molecule has 0 aromatic heterocycles. The first-order chi connectivity index (χ1) is 11.9. The Morgan fingerprint density at radius 3 is 2.80 bits per heavy atom. The molecule has 2 unspecified atom stereocenters. The summed E-state index contributed by atoms with van der Waals surface area (Å²) in [5, 5.41) is 18.7. The molecule has 1 amide bonds. The summed E-state index contributed by atoms with van der Waals surface area (Å²) in [4.78, 5) is 25.9. The molecule has 2 atom stereocenters. The molecule has 0 spiro atoms. The van der Waals surface area contributed by atoms with E-state index in [1.54, 1.807) is 31.2 Å². The minimum absolute atomic E-state index is 0.0542. The smallest absolute Gasteiger partial charge is 0.313 e. The van der Waals surface area contributed by atoms with Crippen molar-refractivity contribution in [3.63, 3.8) is 0 Å². The van der Waals surface area contributed by atoms with E-state index in [0.29, 0.717) is 30.7 Å². The lowest BCUT2D eigenvalue weighted by Gasteiger charge is -2.40. The molecule has 134 valence electrons. The number of amides is 1. The first-order valence-corrected chi connectivity index (χ1v) is 8.10. The van der Waals surface area contributed by atoms with Crippen LogP contribution in [-0.4, -0.2) is 54.8 Å². The molecule has 0 saturated carbocycles. The molecule has 1 aliphatic heterocycles. The second kappa shape index (κ2) is 7.99. The molecule has 1 aromatic rings. The number of carboxylic acids is 1. The van der Waals surface area contributed by atoms with E-state index >= 15 is 0 Å². The number of nitriles is 1. The highest BCUT2D eigenvalue weighted by Gasteiger charge is 2.44. The van der Waals surface area contributed by atoms with Gasteiger partial charge in [0, 0.05) is 20.2 Å². The summed E-state index contributed by atoms with van der Waals surface area (Å²) in [6.07, 6.45) is 0.233. The van der Waals surface area contributed by atoms with Gasteiger partial charge < -0.3 is 19.5 Å². The largest absolute Gasteiger partial charge is 0.481 e. The van der Waals surface area contributed by atoms with Gasteiger partial charge >= 0.3 is 5.97 Å². The number of piperidine rings is 1. The Morgan fingerprint density at radius 1 is 1.44 bits per heavy atom. The standard InChI is InChI=1S/C18H22N2O5/c1-13(25-15-7-4-3-6-14(15)10-19)16(21)20-9-5-8-18(11-20,12-24-2)17(22)23/h3-4,6-7,13H,5,8-9,11-12H2,1-2H3,(H,22,23). The first kappa shape index (κ1) is 18.7. The predicted octanol–water partition coefficient (Wildman–Crippen LogP) is 1.67. The van der Waals surface area contributed by atoms with Crippen molar-refractivity contribution in [1.82, 2.24) is 4.90 Å². The lowest BCUT2D eigenvalue weighted by Crippen LogP contribution is -2.54. The number of carboxylic acid groups (broad SMARTS) is 1.